The van der Waals surface area contributed by atoms with Gasteiger partial charge >= 0.3 is 0 Å². The van der Waals surface area contributed by atoms with E-state index in [1.807, 2.05) is 36.4 Å². The van der Waals surface area contributed by atoms with Gasteiger partial charge in [-0.1, -0.05) is 24.3 Å². The average Bonchev–Trinajstić information content (AvgIpc) is 2.28. The highest BCUT2D eigenvalue weighted by Gasteiger charge is 2.12. The Kier molecular flexibility index (Phi) is 3.17. The number of fused-ring (bicyclic) bond motifs is 1. The summed E-state index contributed by atoms with van der Waals surface area (Å²) in [5.74, 6) is 0. The number of para-hydroxylation sites is 1. The highest BCUT2D eigenvalue weighted by atomic mass is 16.3. The van der Waals surface area contributed by atoms with E-state index in [0.29, 0.717) is 6.42 Å². The highest BCUT2D eigenvalue weighted by Crippen LogP contribution is 2.13. The third-order valence-corrected chi connectivity index (χ3v) is 2.63. The molecule has 0 fully saturated rings. The number of hydrogen-bond donors (Lipinski definition) is 2. The van der Waals surface area contributed by atoms with Gasteiger partial charge in [-0.2, -0.15) is 0 Å². The first-order valence-corrected chi connectivity index (χ1v) is 5.37. The predicted octanol–water partition coefficient (Wildman–Crippen LogP) is 1.52. The monoisotopic (exact) mass is 217 g/mol. The van der Waals surface area contributed by atoms with E-state index < -0.39 is 12.2 Å². The van der Waals surface area contributed by atoms with Crippen molar-refractivity contribution in [1.29, 1.82) is 0 Å². The molecule has 0 saturated carbocycles. The average molecular weight is 217 g/mol. The summed E-state index contributed by atoms with van der Waals surface area (Å²) in [5.41, 5.74) is 1.71. The number of benzene rings is 1. The van der Waals surface area contributed by atoms with Crippen molar-refractivity contribution < 1.29 is 10.2 Å². The van der Waals surface area contributed by atoms with Crippen LogP contribution in [0.25, 0.3) is 10.9 Å². The fraction of sp³-hybridized carbons (Fsp3) is 0.308. The van der Waals surface area contributed by atoms with Gasteiger partial charge in [-0.05, 0) is 19.1 Å². The molecule has 0 aliphatic heterocycles. The third kappa shape index (κ3) is 2.38. The molecule has 1 aromatic carbocycles. The zero-order valence-corrected chi connectivity index (χ0v) is 9.17. The van der Waals surface area contributed by atoms with Crippen LogP contribution in [0.15, 0.2) is 36.4 Å². The van der Waals surface area contributed by atoms with Crippen LogP contribution in [0.5, 0.6) is 0 Å². The van der Waals surface area contributed by atoms with Crippen LogP contribution in [0, 0.1) is 0 Å². The van der Waals surface area contributed by atoms with Gasteiger partial charge in [0.15, 0.2) is 0 Å². The minimum absolute atomic E-state index is 0.377. The molecular formula is C13H15NO2. The lowest BCUT2D eigenvalue weighted by Gasteiger charge is -2.12. The maximum absolute atomic E-state index is 9.56. The molecule has 2 unspecified atom stereocenters. The standard InChI is InChI=1S/C13H15NO2/c1-9(15)13(16)8-11-7-6-10-4-2-3-5-12(10)14-11/h2-7,9,13,15-16H,8H2,1H3. The second-order valence-electron chi connectivity index (χ2n) is 4.01. The number of aromatic nitrogens is 1. The molecule has 0 aliphatic rings. The Morgan fingerprint density at radius 3 is 2.62 bits per heavy atom. The van der Waals surface area contributed by atoms with Crippen molar-refractivity contribution >= 4 is 10.9 Å². The van der Waals surface area contributed by atoms with Crippen molar-refractivity contribution in [3.05, 3.63) is 42.1 Å². The van der Waals surface area contributed by atoms with Gasteiger partial charge in [0.2, 0.25) is 0 Å². The van der Waals surface area contributed by atoms with E-state index >= 15 is 0 Å². The second-order valence-corrected chi connectivity index (χ2v) is 4.01. The normalized spacial score (nSPS) is 14.9. The minimum atomic E-state index is -0.756. The van der Waals surface area contributed by atoms with Crippen LogP contribution >= 0.6 is 0 Å². The molecule has 0 bridgehead atoms. The molecule has 3 heteroatoms. The SMILES string of the molecule is CC(O)C(O)Cc1ccc2ccccc2n1. The van der Waals surface area contributed by atoms with E-state index in [9.17, 15) is 10.2 Å². The summed E-state index contributed by atoms with van der Waals surface area (Å²) in [6.07, 6.45) is -1.11. The molecule has 1 aromatic heterocycles. The summed E-state index contributed by atoms with van der Waals surface area (Å²) in [6, 6.07) is 11.7. The van der Waals surface area contributed by atoms with Gasteiger partial charge in [-0.25, -0.2) is 0 Å². The first kappa shape index (κ1) is 11.0. The Labute approximate surface area is 94.4 Å². The summed E-state index contributed by atoms with van der Waals surface area (Å²) in [4.78, 5) is 4.43. The van der Waals surface area contributed by atoms with Crippen LogP contribution < -0.4 is 0 Å². The lowest BCUT2D eigenvalue weighted by atomic mass is 10.1. The Morgan fingerprint density at radius 1 is 1.12 bits per heavy atom. The number of rotatable bonds is 3. The van der Waals surface area contributed by atoms with E-state index in [0.717, 1.165) is 16.6 Å². The van der Waals surface area contributed by atoms with Crippen molar-refractivity contribution in [2.45, 2.75) is 25.6 Å². The Morgan fingerprint density at radius 2 is 1.88 bits per heavy atom. The number of aliphatic hydroxyl groups excluding tert-OH is 2. The molecule has 3 nitrogen and oxygen atoms in total. The third-order valence-electron chi connectivity index (χ3n) is 2.63. The largest absolute Gasteiger partial charge is 0.391 e. The molecule has 0 saturated heterocycles. The molecule has 2 atom stereocenters. The first-order chi connectivity index (χ1) is 7.66. The van der Waals surface area contributed by atoms with Gasteiger partial charge in [-0.15, -0.1) is 0 Å². The van der Waals surface area contributed by atoms with Crippen molar-refractivity contribution in [3.8, 4) is 0 Å². The molecule has 2 N–H and O–H groups in total. The van der Waals surface area contributed by atoms with E-state index in [1.165, 1.54) is 0 Å². The molecule has 0 amide bonds. The molecular weight excluding hydrogens is 202 g/mol. The summed E-state index contributed by atoms with van der Waals surface area (Å²) in [5, 5.41) is 19.9. The predicted molar refractivity (Wildman–Crippen MR) is 63.1 cm³/mol. The molecule has 16 heavy (non-hydrogen) atoms. The summed E-state index contributed by atoms with van der Waals surface area (Å²) in [6.45, 7) is 1.58. The number of hydrogen-bond acceptors (Lipinski definition) is 3. The fourth-order valence-electron chi connectivity index (χ4n) is 1.61. The molecule has 1 heterocycles. The van der Waals surface area contributed by atoms with Crippen LogP contribution in [-0.2, 0) is 6.42 Å². The smallest absolute Gasteiger partial charge is 0.0851 e. The molecule has 0 aliphatic carbocycles. The molecule has 0 radical (unpaired) electrons. The van der Waals surface area contributed by atoms with Crippen molar-refractivity contribution in [2.75, 3.05) is 0 Å². The van der Waals surface area contributed by atoms with E-state index in [1.54, 1.807) is 6.92 Å². The van der Waals surface area contributed by atoms with Crippen molar-refractivity contribution in [1.82, 2.24) is 4.98 Å². The van der Waals surface area contributed by atoms with E-state index in [-0.39, 0.29) is 0 Å². The second kappa shape index (κ2) is 4.60. The molecule has 0 spiro atoms. The summed E-state index contributed by atoms with van der Waals surface area (Å²) in [7, 11) is 0. The van der Waals surface area contributed by atoms with Gasteiger partial charge in [0.1, 0.15) is 0 Å². The highest BCUT2D eigenvalue weighted by molar-refractivity contribution is 5.78. The van der Waals surface area contributed by atoms with Crippen LogP contribution in [0.3, 0.4) is 0 Å². The topological polar surface area (TPSA) is 53.4 Å². The Balaban J connectivity index is 2.26. The van der Waals surface area contributed by atoms with Crippen molar-refractivity contribution in [3.63, 3.8) is 0 Å². The fourth-order valence-corrected chi connectivity index (χ4v) is 1.61. The maximum Gasteiger partial charge on any atom is 0.0851 e. The quantitative estimate of drug-likeness (QED) is 0.819. The molecule has 2 aromatic rings. The van der Waals surface area contributed by atoms with Crippen LogP contribution in [0.1, 0.15) is 12.6 Å². The van der Waals surface area contributed by atoms with Gasteiger partial charge < -0.3 is 10.2 Å². The maximum atomic E-state index is 9.56. The lowest BCUT2D eigenvalue weighted by Crippen LogP contribution is -2.25. The number of nitrogens with zero attached hydrogens (tertiary/aromatic N) is 1. The van der Waals surface area contributed by atoms with Crippen LogP contribution in [0.4, 0.5) is 0 Å². The van der Waals surface area contributed by atoms with E-state index in [4.69, 9.17) is 0 Å². The van der Waals surface area contributed by atoms with Gasteiger partial charge in [-0.3, -0.25) is 4.98 Å². The summed E-state index contributed by atoms with van der Waals surface area (Å²) >= 11 is 0. The zero-order chi connectivity index (χ0) is 11.5. The van der Waals surface area contributed by atoms with Crippen LogP contribution in [0.2, 0.25) is 0 Å². The number of aliphatic hydroxyl groups is 2. The zero-order valence-electron chi connectivity index (χ0n) is 9.17. The number of pyridine rings is 1. The summed E-state index contributed by atoms with van der Waals surface area (Å²) < 4.78 is 0. The molecule has 84 valence electrons. The van der Waals surface area contributed by atoms with E-state index in [2.05, 4.69) is 4.98 Å². The van der Waals surface area contributed by atoms with Crippen molar-refractivity contribution in [2.24, 2.45) is 0 Å². The Bertz CT molecular complexity index is 482. The first-order valence-electron chi connectivity index (χ1n) is 5.37. The minimum Gasteiger partial charge on any atom is -0.391 e. The van der Waals surface area contributed by atoms with Gasteiger partial charge in [0.05, 0.1) is 17.7 Å². The Hall–Kier alpha value is -1.45. The van der Waals surface area contributed by atoms with Crippen LogP contribution in [-0.4, -0.2) is 27.4 Å². The van der Waals surface area contributed by atoms with Gasteiger partial charge in [0.25, 0.3) is 0 Å². The molecule has 2 rings (SSSR count). The lowest BCUT2D eigenvalue weighted by molar-refractivity contribution is 0.0314. The van der Waals surface area contributed by atoms with Gasteiger partial charge in [0, 0.05) is 17.5 Å².